The summed E-state index contributed by atoms with van der Waals surface area (Å²) in [6, 6.07) is 0. The summed E-state index contributed by atoms with van der Waals surface area (Å²) in [5.74, 6) is 0.748. The van der Waals surface area contributed by atoms with E-state index in [0.29, 0.717) is 31.5 Å². The number of hydrogen-bond acceptors (Lipinski definition) is 3. The van der Waals surface area contributed by atoms with Gasteiger partial charge < -0.3 is 4.74 Å². The molecule has 14 heavy (non-hydrogen) atoms. The van der Waals surface area contributed by atoms with Crippen molar-refractivity contribution >= 4 is 0 Å². The third-order valence-electron chi connectivity index (χ3n) is 4.58. The maximum absolute atomic E-state index is 11.1. The Morgan fingerprint density at radius 3 is 2.50 bits per heavy atom. The van der Waals surface area contributed by atoms with Crippen molar-refractivity contribution in [1.29, 1.82) is 0 Å². The Hall–Kier alpha value is -0.640. The van der Waals surface area contributed by atoms with Gasteiger partial charge in [0.25, 0.3) is 0 Å². The molecule has 80 valence electrons. The molecule has 4 nitrogen and oxygen atoms in total. The minimum absolute atomic E-state index is 0.0919. The van der Waals surface area contributed by atoms with Crippen molar-refractivity contribution in [3.8, 4) is 0 Å². The molecule has 2 aliphatic rings. The zero-order chi connectivity index (χ0) is 10.6. The molecule has 0 spiro atoms. The van der Waals surface area contributed by atoms with Crippen LogP contribution in [0, 0.1) is 27.4 Å². The quantitative estimate of drug-likeness (QED) is 0.477. The molecule has 2 rings (SSSR count). The lowest BCUT2D eigenvalue weighted by molar-refractivity contribution is -0.583. The first-order valence-corrected chi connectivity index (χ1v) is 5.12. The molecule has 0 radical (unpaired) electrons. The largest absolute Gasteiger partial charge is 0.381 e. The second-order valence-corrected chi connectivity index (χ2v) is 5.36. The highest BCUT2D eigenvalue weighted by Crippen LogP contribution is 2.56. The fourth-order valence-electron chi connectivity index (χ4n) is 3.08. The average molecular weight is 199 g/mol. The Labute approximate surface area is 83.8 Å². The predicted octanol–water partition coefficient (Wildman–Crippen LogP) is 1.71. The molecule has 0 unspecified atom stereocenters. The van der Waals surface area contributed by atoms with Gasteiger partial charge in [-0.1, -0.05) is 13.8 Å². The van der Waals surface area contributed by atoms with E-state index in [1.54, 1.807) is 6.92 Å². The van der Waals surface area contributed by atoms with Crippen LogP contribution in [0.3, 0.4) is 0 Å². The third kappa shape index (κ3) is 0.975. The van der Waals surface area contributed by atoms with E-state index >= 15 is 0 Å². The van der Waals surface area contributed by atoms with Crippen LogP contribution in [0.2, 0.25) is 0 Å². The fourth-order valence-corrected chi connectivity index (χ4v) is 3.08. The van der Waals surface area contributed by atoms with E-state index in [9.17, 15) is 10.1 Å². The number of nitro groups is 1. The summed E-state index contributed by atoms with van der Waals surface area (Å²) in [6.07, 6.45) is 0.664. The van der Waals surface area contributed by atoms with Crippen LogP contribution in [-0.4, -0.2) is 23.7 Å². The topological polar surface area (TPSA) is 52.4 Å². The standard InChI is InChI=1S/C10H17NO3/c1-9(2)8-6-14-5-7(8)4-10(9,3)11(12)13/h7-8H,4-6H2,1-3H3/t7-,8+,10-/m1/s1. The van der Waals surface area contributed by atoms with Crippen LogP contribution in [0.1, 0.15) is 27.2 Å². The smallest absolute Gasteiger partial charge is 0.225 e. The maximum atomic E-state index is 11.1. The van der Waals surface area contributed by atoms with E-state index in [1.165, 1.54) is 0 Å². The lowest BCUT2D eigenvalue weighted by atomic mass is 9.71. The van der Waals surface area contributed by atoms with Gasteiger partial charge in [-0.05, 0) is 11.8 Å². The monoisotopic (exact) mass is 199 g/mol. The molecular formula is C10H17NO3. The van der Waals surface area contributed by atoms with E-state index < -0.39 is 5.54 Å². The zero-order valence-corrected chi connectivity index (χ0v) is 8.95. The van der Waals surface area contributed by atoms with Crippen LogP contribution in [0.15, 0.2) is 0 Å². The van der Waals surface area contributed by atoms with Gasteiger partial charge in [0.05, 0.1) is 13.2 Å². The molecule has 0 N–H and O–H groups in total. The molecule has 3 atom stereocenters. The fraction of sp³-hybridized carbons (Fsp3) is 1.00. The van der Waals surface area contributed by atoms with E-state index in [-0.39, 0.29) is 10.3 Å². The van der Waals surface area contributed by atoms with Gasteiger partial charge >= 0.3 is 0 Å². The number of hydrogen-bond donors (Lipinski definition) is 0. The van der Waals surface area contributed by atoms with E-state index in [1.807, 2.05) is 13.8 Å². The van der Waals surface area contributed by atoms with Gasteiger partial charge in [0.15, 0.2) is 0 Å². The minimum Gasteiger partial charge on any atom is -0.381 e. The first-order valence-electron chi connectivity index (χ1n) is 5.12. The lowest BCUT2D eigenvalue weighted by Crippen LogP contribution is -2.47. The summed E-state index contributed by atoms with van der Waals surface area (Å²) in [5.41, 5.74) is -1.02. The molecule has 0 aromatic heterocycles. The first kappa shape index (κ1) is 9.90. The Morgan fingerprint density at radius 2 is 2.00 bits per heavy atom. The molecule has 1 heterocycles. The van der Waals surface area contributed by atoms with Crippen LogP contribution >= 0.6 is 0 Å². The van der Waals surface area contributed by atoms with Gasteiger partial charge in [-0.25, -0.2) is 0 Å². The summed E-state index contributed by atoms with van der Waals surface area (Å²) in [5, 5.41) is 11.1. The average Bonchev–Trinajstić information content (AvgIpc) is 2.57. The molecule has 4 heteroatoms. The zero-order valence-electron chi connectivity index (χ0n) is 8.95. The second kappa shape index (κ2) is 2.69. The predicted molar refractivity (Wildman–Crippen MR) is 51.6 cm³/mol. The van der Waals surface area contributed by atoms with Crippen LogP contribution < -0.4 is 0 Å². The van der Waals surface area contributed by atoms with Gasteiger partial charge in [0, 0.05) is 23.7 Å². The van der Waals surface area contributed by atoms with Gasteiger partial charge in [0.1, 0.15) is 0 Å². The van der Waals surface area contributed by atoms with Crippen molar-refractivity contribution in [1.82, 2.24) is 0 Å². The highest BCUT2D eigenvalue weighted by atomic mass is 16.6. The third-order valence-corrected chi connectivity index (χ3v) is 4.58. The minimum atomic E-state index is -0.772. The molecule has 1 saturated heterocycles. The van der Waals surface area contributed by atoms with Gasteiger partial charge in [-0.3, -0.25) is 10.1 Å². The van der Waals surface area contributed by atoms with E-state index in [0.717, 1.165) is 0 Å². The van der Waals surface area contributed by atoms with Gasteiger partial charge in [-0.15, -0.1) is 0 Å². The maximum Gasteiger partial charge on any atom is 0.225 e. The lowest BCUT2D eigenvalue weighted by Gasteiger charge is -2.33. The van der Waals surface area contributed by atoms with Crippen LogP contribution in [0.4, 0.5) is 0 Å². The molecule has 1 aliphatic carbocycles. The Balaban J connectivity index is 2.36. The number of nitrogens with zero attached hydrogens (tertiary/aromatic N) is 1. The van der Waals surface area contributed by atoms with Gasteiger partial charge in [0.2, 0.25) is 5.54 Å². The van der Waals surface area contributed by atoms with Crippen molar-refractivity contribution < 1.29 is 9.66 Å². The summed E-state index contributed by atoms with van der Waals surface area (Å²) in [4.78, 5) is 11.0. The van der Waals surface area contributed by atoms with Crippen molar-refractivity contribution in [3.05, 3.63) is 10.1 Å². The van der Waals surface area contributed by atoms with Crippen molar-refractivity contribution in [3.63, 3.8) is 0 Å². The van der Waals surface area contributed by atoms with Crippen molar-refractivity contribution in [2.24, 2.45) is 17.3 Å². The Kier molecular flexibility index (Phi) is 1.90. The van der Waals surface area contributed by atoms with E-state index in [2.05, 4.69) is 0 Å². The first-order chi connectivity index (χ1) is 6.39. The highest BCUT2D eigenvalue weighted by Gasteiger charge is 2.65. The number of fused-ring (bicyclic) bond motifs is 1. The summed E-state index contributed by atoms with van der Waals surface area (Å²) < 4.78 is 5.40. The van der Waals surface area contributed by atoms with Crippen molar-refractivity contribution in [2.45, 2.75) is 32.7 Å². The Bertz CT molecular complexity index is 277. The highest BCUT2D eigenvalue weighted by molar-refractivity contribution is 5.06. The molecule has 2 fully saturated rings. The molecular weight excluding hydrogens is 182 g/mol. The summed E-state index contributed by atoms with van der Waals surface area (Å²) in [7, 11) is 0. The van der Waals surface area contributed by atoms with E-state index in [4.69, 9.17) is 4.74 Å². The van der Waals surface area contributed by atoms with Crippen molar-refractivity contribution in [2.75, 3.05) is 13.2 Å². The van der Waals surface area contributed by atoms with Crippen LogP contribution in [0.5, 0.6) is 0 Å². The Morgan fingerprint density at radius 1 is 1.36 bits per heavy atom. The number of rotatable bonds is 1. The SMILES string of the molecule is CC1(C)[C@H]2COC[C@H]2C[C@@]1(C)[N+](=O)[O-]. The summed E-state index contributed by atoms with van der Waals surface area (Å²) >= 11 is 0. The number of ether oxygens (including phenoxy) is 1. The molecule has 1 saturated carbocycles. The molecule has 1 aliphatic heterocycles. The molecule has 0 amide bonds. The molecule has 0 aromatic carbocycles. The normalized spacial score (nSPS) is 45.1. The second-order valence-electron chi connectivity index (χ2n) is 5.36. The van der Waals surface area contributed by atoms with Gasteiger partial charge in [-0.2, -0.15) is 0 Å². The summed E-state index contributed by atoms with van der Waals surface area (Å²) in [6.45, 7) is 7.20. The molecule has 0 bridgehead atoms. The van der Waals surface area contributed by atoms with Crippen LogP contribution in [0.25, 0.3) is 0 Å². The van der Waals surface area contributed by atoms with Crippen LogP contribution in [-0.2, 0) is 4.74 Å². The molecule has 0 aromatic rings.